The van der Waals surface area contributed by atoms with Gasteiger partial charge in [0.25, 0.3) is 0 Å². The number of hydrogen-bond acceptors (Lipinski definition) is 6. The number of nitrogens with zero attached hydrogens (tertiary/aromatic N) is 6. The topological polar surface area (TPSA) is 68.9 Å². The Bertz CT molecular complexity index is 1060. The fourth-order valence-corrected chi connectivity index (χ4v) is 4.20. The van der Waals surface area contributed by atoms with E-state index >= 15 is 0 Å². The molecule has 2 atom stereocenters. The third kappa shape index (κ3) is 2.74. The number of piperazine rings is 1. The molecule has 6 nitrogen and oxygen atoms in total. The van der Waals surface area contributed by atoms with Crippen LogP contribution in [0.2, 0.25) is 0 Å². The van der Waals surface area contributed by atoms with Gasteiger partial charge in [-0.05, 0) is 36.8 Å². The molecule has 28 heavy (non-hydrogen) atoms. The number of rotatable bonds is 3. The molecule has 138 valence electrons. The zero-order valence-electron chi connectivity index (χ0n) is 15.0. The summed E-state index contributed by atoms with van der Waals surface area (Å²) in [7, 11) is 0. The predicted octanol–water partition coefficient (Wildman–Crippen LogP) is 3.02. The van der Waals surface area contributed by atoms with Crippen molar-refractivity contribution in [2.45, 2.75) is 18.5 Å². The molecule has 2 saturated heterocycles. The van der Waals surface area contributed by atoms with Crippen molar-refractivity contribution in [1.82, 2.24) is 15.0 Å². The average Bonchev–Trinajstić information content (AvgIpc) is 3.35. The summed E-state index contributed by atoms with van der Waals surface area (Å²) in [5.74, 6) is 1.01. The number of nitriles is 1. The summed E-state index contributed by atoms with van der Waals surface area (Å²) in [6.45, 7) is 1.53. The van der Waals surface area contributed by atoms with Crippen LogP contribution in [-0.2, 0) is 0 Å². The molecule has 2 aliphatic rings. The van der Waals surface area contributed by atoms with E-state index in [0.717, 1.165) is 30.8 Å². The third-order valence-corrected chi connectivity index (χ3v) is 5.46. The van der Waals surface area contributed by atoms with E-state index in [4.69, 9.17) is 4.98 Å². The molecule has 2 aliphatic heterocycles. The smallest absolute Gasteiger partial charge is 0.163 e. The summed E-state index contributed by atoms with van der Waals surface area (Å²) in [6.07, 6.45) is 5.97. The number of anilines is 2. The van der Waals surface area contributed by atoms with Gasteiger partial charge in [0.2, 0.25) is 0 Å². The fraction of sp³-hybridized carbons (Fsp3) is 0.238. The van der Waals surface area contributed by atoms with E-state index in [1.54, 1.807) is 30.7 Å². The molecule has 5 rings (SSSR count). The summed E-state index contributed by atoms with van der Waals surface area (Å²) in [4.78, 5) is 17.6. The third-order valence-electron chi connectivity index (χ3n) is 5.46. The lowest BCUT2D eigenvalue weighted by Gasteiger charge is -2.36. The lowest BCUT2D eigenvalue weighted by molar-refractivity contribution is 0.617. The maximum Gasteiger partial charge on any atom is 0.163 e. The van der Waals surface area contributed by atoms with Crippen LogP contribution in [0.25, 0.3) is 11.4 Å². The largest absolute Gasteiger partial charge is 0.365 e. The number of benzene rings is 1. The molecule has 7 heteroatoms. The van der Waals surface area contributed by atoms with E-state index in [2.05, 4.69) is 25.8 Å². The SMILES string of the molecule is N#Cc1cnc(-c2cccnc2)nc1N1C[C@@H]2C[C@H]1CN2c1cccc(F)c1. The van der Waals surface area contributed by atoms with Gasteiger partial charge in [0, 0.05) is 42.8 Å². The van der Waals surface area contributed by atoms with Crippen LogP contribution in [0.5, 0.6) is 0 Å². The first-order chi connectivity index (χ1) is 13.7. The molecule has 0 amide bonds. The van der Waals surface area contributed by atoms with E-state index in [1.807, 2.05) is 18.2 Å². The van der Waals surface area contributed by atoms with Gasteiger partial charge >= 0.3 is 0 Å². The van der Waals surface area contributed by atoms with Crippen LogP contribution in [0.1, 0.15) is 12.0 Å². The van der Waals surface area contributed by atoms with Gasteiger partial charge in [0.15, 0.2) is 11.6 Å². The minimum atomic E-state index is -0.221. The van der Waals surface area contributed by atoms with Crippen LogP contribution in [0, 0.1) is 17.1 Å². The monoisotopic (exact) mass is 372 g/mol. The molecule has 0 radical (unpaired) electrons. The van der Waals surface area contributed by atoms with Gasteiger partial charge in [-0.3, -0.25) is 4.98 Å². The van der Waals surface area contributed by atoms with Crippen molar-refractivity contribution in [2.24, 2.45) is 0 Å². The van der Waals surface area contributed by atoms with Gasteiger partial charge in [-0.25, -0.2) is 14.4 Å². The van der Waals surface area contributed by atoms with E-state index in [1.165, 1.54) is 6.07 Å². The summed E-state index contributed by atoms with van der Waals surface area (Å²) < 4.78 is 13.6. The van der Waals surface area contributed by atoms with Crippen LogP contribution >= 0.6 is 0 Å². The van der Waals surface area contributed by atoms with Crippen molar-refractivity contribution in [3.8, 4) is 17.5 Å². The van der Waals surface area contributed by atoms with Gasteiger partial charge in [-0.1, -0.05) is 6.07 Å². The molecule has 0 unspecified atom stereocenters. The quantitative estimate of drug-likeness (QED) is 0.704. The van der Waals surface area contributed by atoms with Crippen LogP contribution in [0.15, 0.2) is 55.0 Å². The maximum atomic E-state index is 13.6. The van der Waals surface area contributed by atoms with E-state index < -0.39 is 0 Å². The second kappa shape index (κ2) is 6.57. The summed E-state index contributed by atoms with van der Waals surface area (Å²) in [6, 6.07) is 13.2. The Hall–Kier alpha value is -3.53. The van der Waals surface area contributed by atoms with Crippen molar-refractivity contribution < 1.29 is 4.39 Å². The molecule has 1 aromatic carbocycles. The van der Waals surface area contributed by atoms with Gasteiger partial charge in [-0.2, -0.15) is 5.26 Å². The lowest BCUT2D eigenvalue weighted by Crippen LogP contribution is -2.47. The highest BCUT2D eigenvalue weighted by Gasteiger charge is 2.44. The predicted molar refractivity (Wildman–Crippen MR) is 103 cm³/mol. The average molecular weight is 372 g/mol. The summed E-state index contributed by atoms with van der Waals surface area (Å²) in [5, 5.41) is 9.55. The molecule has 4 heterocycles. The highest BCUT2D eigenvalue weighted by atomic mass is 19.1. The second-order valence-electron chi connectivity index (χ2n) is 7.11. The first kappa shape index (κ1) is 16.6. The Morgan fingerprint density at radius 3 is 2.64 bits per heavy atom. The zero-order valence-corrected chi connectivity index (χ0v) is 15.0. The number of hydrogen-bond donors (Lipinski definition) is 0. The Labute approximate surface area is 161 Å². The zero-order chi connectivity index (χ0) is 19.1. The van der Waals surface area contributed by atoms with Crippen molar-refractivity contribution >= 4 is 11.5 Å². The van der Waals surface area contributed by atoms with Crippen molar-refractivity contribution in [2.75, 3.05) is 22.9 Å². The van der Waals surface area contributed by atoms with Gasteiger partial charge in [0.1, 0.15) is 17.4 Å². The molecule has 2 fully saturated rings. The molecule has 3 aromatic rings. The second-order valence-corrected chi connectivity index (χ2v) is 7.11. The molecule has 0 N–H and O–H groups in total. The first-order valence-corrected chi connectivity index (χ1v) is 9.19. The summed E-state index contributed by atoms with van der Waals surface area (Å²) in [5.41, 5.74) is 2.20. The first-order valence-electron chi connectivity index (χ1n) is 9.19. The summed E-state index contributed by atoms with van der Waals surface area (Å²) >= 11 is 0. The lowest BCUT2D eigenvalue weighted by atomic mass is 10.2. The van der Waals surface area contributed by atoms with Crippen LogP contribution in [0.3, 0.4) is 0 Å². The number of fused-ring (bicyclic) bond motifs is 2. The van der Waals surface area contributed by atoms with E-state index in [9.17, 15) is 9.65 Å². The highest BCUT2D eigenvalue weighted by Crippen LogP contribution is 2.38. The number of halogens is 1. The van der Waals surface area contributed by atoms with Crippen LogP contribution in [0.4, 0.5) is 15.9 Å². The Morgan fingerprint density at radius 1 is 1.07 bits per heavy atom. The highest BCUT2D eigenvalue weighted by molar-refractivity contribution is 5.63. The van der Waals surface area contributed by atoms with Crippen molar-refractivity contribution in [3.05, 3.63) is 66.4 Å². The molecular formula is C21H17FN6. The van der Waals surface area contributed by atoms with Gasteiger partial charge in [-0.15, -0.1) is 0 Å². The Kier molecular flexibility index (Phi) is 3.90. The Morgan fingerprint density at radius 2 is 1.93 bits per heavy atom. The normalized spacial score (nSPS) is 20.4. The molecule has 2 aromatic heterocycles. The van der Waals surface area contributed by atoms with Gasteiger partial charge < -0.3 is 9.80 Å². The molecule has 0 spiro atoms. The molecular weight excluding hydrogens is 355 g/mol. The fourth-order valence-electron chi connectivity index (χ4n) is 4.20. The van der Waals surface area contributed by atoms with Crippen LogP contribution < -0.4 is 9.80 Å². The molecule has 2 bridgehead atoms. The number of pyridine rings is 1. The van der Waals surface area contributed by atoms with E-state index in [-0.39, 0.29) is 17.9 Å². The van der Waals surface area contributed by atoms with E-state index in [0.29, 0.717) is 17.2 Å². The molecule has 0 aliphatic carbocycles. The number of aromatic nitrogens is 3. The van der Waals surface area contributed by atoms with Crippen LogP contribution in [-0.4, -0.2) is 40.1 Å². The minimum absolute atomic E-state index is 0.221. The van der Waals surface area contributed by atoms with Gasteiger partial charge in [0.05, 0.1) is 12.2 Å². The standard InChI is InChI=1S/C21H17FN6/c22-16-4-1-5-17(7-16)27-12-19-8-18(27)13-28(19)21-15(9-23)11-25-20(26-21)14-3-2-6-24-10-14/h1-7,10-11,18-19H,8,12-13H2/t18-,19-/m0/s1. The van der Waals surface area contributed by atoms with Crippen molar-refractivity contribution in [1.29, 1.82) is 5.26 Å². The minimum Gasteiger partial charge on any atom is -0.365 e. The Balaban J connectivity index is 1.45. The maximum absolute atomic E-state index is 13.6. The van der Waals surface area contributed by atoms with Crippen molar-refractivity contribution in [3.63, 3.8) is 0 Å². The molecule has 0 saturated carbocycles.